The highest BCUT2D eigenvalue weighted by molar-refractivity contribution is 5.95. The largest absolute Gasteiger partial charge is 0.338 e. The molecule has 142 valence electrons. The zero-order valence-electron chi connectivity index (χ0n) is 15.7. The van der Waals surface area contributed by atoms with Crippen molar-refractivity contribution in [3.63, 3.8) is 0 Å². The van der Waals surface area contributed by atoms with Gasteiger partial charge in [-0.1, -0.05) is 13.0 Å². The maximum absolute atomic E-state index is 13.2. The lowest BCUT2D eigenvalue weighted by Gasteiger charge is -2.35. The third-order valence-corrected chi connectivity index (χ3v) is 5.51. The fourth-order valence-corrected chi connectivity index (χ4v) is 4.16. The molecule has 1 aromatic heterocycles. The Morgan fingerprint density at radius 1 is 1.26 bits per heavy atom. The summed E-state index contributed by atoms with van der Waals surface area (Å²) in [5.74, 6) is 0.754. The standard InChI is InChI=1S/C19H24N6O2/c1-3-9-24-17-8-7-15(19(24)27)11-23(12-17)18(26)14-5-4-6-16(10-14)25-13(2)20-21-22-25/h4-6,10,15,17H,3,7-9,11-12H2,1-2H3/t15-,17+/m0/s1. The first-order chi connectivity index (χ1) is 13.1. The van der Waals surface area contributed by atoms with Crippen LogP contribution in [0, 0.1) is 12.8 Å². The molecule has 2 aromatic rings. The summed E-state index contributed by atoms with van der Waals surface area (Å²) in [5, 5.41) is 11.5. The zero-order valence-corrected chi connectivity index (χ0v) is 15.7. The fraction of sp³-hybridized carbons (Fsp3) is 0.526. The van der Waals surface area contributed by atoms with Crippen molar-refractivity contribution in [3.05, 3.63) is 35.7 Å². The monoisotopic (exact) mass is 368 g/mol. The molecule has 2 bridgehead atoms. The van der Waals surface area contributed by atoms with Crippen LogP contribution in [-0.4, -0.2) is 67.5 Å². The minimum absolute atomic E-state index is 0.0365. The van der Waals surface area contributed by atoms with E-state index >= 15 is 0 Å². The predicted molar refractivity (Wildman–Crippen MR) is 98.3 cm³/mol. The first kappa shape index (κ1) is 17.6. The van der Waals surface area contributed by atoms with Crippen LogP contribution in [0.2, 0.25) is 0 Å². The van der Waals surface area contributed by atoms with Crippen LogP contribution in [-0.2, 0) is 4.79 Å². The average molecular weight is 368 g/mol. The Morgan fingerprint density at radius 3 is 2.85 bits per heavy atom. The third kappa shape index (κ3) is 3.20. The summed E-state index contributed by atoms with van der Waals surface area (Å²) in [4.78, 5) is 29.7. The molecule has 3 aliphatic rings. The number of carbonyl (C=O) groups is 2. The number of carbonyl (C=O) groups excluding carboxylic acids is 2. The highest BCUT2D eigenvalue weighted by Gasteiger charge is 2.41. The van der Waals surface area contributed by atoms with Crippen LogP contribution >= 0.6 is 0 Å². The second-order valence-electron chi connectivity index (χ2n) is 7.36. The van der Waals surface area contributed by atoms with E-state index in [1.807, 2.05) is 41.0 Å². The first-order valence-electron chi connectivity index (χ1n) is 9.53. The summed E-state index contributed by atoms with van der Waals surface area (Å²) in [5.41, 5.74) is 1.35. The van der Waals surface area contributed by atoms with E-state index in [9.17, 15) is 9.59 Å². The lowest BCUT2D eigenvalue weighted by Crippen LogP contribution is -2.48. The highest BCUT2D eigenvalue weighted by atomic mass is 16.2. The molecular weight excluding hydrogens is 344 g/mol. The Hall–Kier alpha value is -2.77. The molecule has 3 fully saturated rings. The number of tetrazole rings is 1. The van der Waals surface area contributed by atoms with Gasteiger partial charge >= 0.3 is 0 Å². The quantitative estimate of drug-likeness (QED) is 0.815. The number of rotatable bonds is 4. The van der Waals surface area contributed by atoms with Crippen LogP contribution in [0.1, 0.15) is 42.4 Å². The van der Waals surface area contributed by atoms with Crippen molar-refractivity contribution in [2.45, 2.75) is 39.2 Å². The zero-order chi connectivity index (χ0) is 19.0. The fourth-order valence-electron chi connectivity index (χ4n) is 4.16. The van der Waals surface area contributed by atoms with Gasteiger partial charge in [0.2, 0.25) is 5.91 Å². The molecule has 1 aromatic carbocycles. The number of aryl methyl sites for hydroxylation is 1. The van der Waals surface area contributed by atoms with Gasteiger partial charge in [0.1, 0.15) is 0 Å². The normalized spacial score (nSPS) is 22.2. The number of fused-ring (bicyclic) bond motifs is 4. The van der Waals surface area contributed by atoms with Gasteiger partial charge in [0.05, 0.1) is 11.6 Å². The average Bonchev–Trinajstić information content (AvgIpc) is 2.93. The van der Waals surface area contributed by atoms with E-state index in [2.05, 4.69) is 22.4 Å². The van der Waals surface area contributed by atoms with E-state index in [4.69, 9.17) is 0 Å². The first-order valence-corrected chi connectivity index (χ1v) is 9.53. The van der Waals surface area contributed by atoms with E-state index < -0.39 is 0 Å². The molecule has 0 aliphatic carbocycles. The van der Waals surface area contributed by atoms with Crippen molar-refractivity contribution in [1.82, 2.24) is 30.0 Å². The Labute approximate surface area is 158 Å². The van der Waals surface area contributed by atoms with Crippen molar-refractivity contribution < 1.29 is 9.59 Å². The Balaban J connectivity index is 1.59. The maximum Gasteiger partial charge on any atom is 0.254 e. The molecule has 0 N–H and O–H groups in total. The van der Waals surface area contributed by atoms with Gasteiger partial charge in [-0.25, -0.2) is 0 Å². The summed E-state index contributed by atoms with van der Waals surface area (Å²) < 4.78 is 1.61. The van der Waals surface area contributed by atoms with Gasteiger partial charge in [-0.15, -0.1) is 5.10 Å². The molecule has 2 atom stereocenters. The van der Waals surface area contributed by atoms with Crippen LogP contribution < -0.4 is 0 Å². The molecule has 3 saturated heterocycles. The van der Waals surface area contributed by atoms with Gasteiger partial charge in [-0.2, -0.15) is 4.68 Å². The number of aromatic nitrogens is 4. The second-order valence-corrected chi connectivity index (χ2v) is 7.36. The SMILES string of the molecule is CCCN1C(=O)[C@H]2CC[C@@H]1CN(C(=O)c1cccc(-n3nnnc3C)c1)C2. The minimum atomic E-state index is -0.0795. The summed E-state index contributed by atoms with van der Waals surface area (Å²) in [6, 6.07) is 7.46. The van der Waals surface area contributed by atoms with Gasteiger partial charge < -0.3 is 9.80 Å². The highest BCUT2D eigenvalue weighted by Crippen LogP contribution is 2.30. The Kier molecular flexibility index (Phi) is 4.63. The van der Waals surface area contributed by atoms with Crippen LogP contribution in [0.15, 0.2) is 24.3 Å². The summed E-state index contributed by atoms with van der Waals surface area (Å²) >= 11 is 0. The molecule has 8 nitrogen and oxygen atoms in total. The molecule has 0 radical (unpaired) electrons. The molecule has 0 spiro atoms. The molecular formula is C19H24N6O2. The van der Waals surface area contributed by atoms with Crippen molar-refractivity contribution in [2.24, 2.45) is 5.92 Å². The topological polar surface area (TPSA) is 84.2 Å². The van der Waals surface area contributed by atoms with E-state index in [0.717, 1.165) is 31.5 Å². The lowest BCUT2D eigenvalue weighted by atomic mass is 9.94. The van der Waals surface area contributed by atoms with Crippen molar-refractivity contribution >= 4 is 11.8 Å². The number of nitrogens with zero attached hydrogens (tertiary/aromatic N) is 6. The van der Waals surface area contributed by atoms with Crippen LogP contribution in [0.4, 0.5) is 0 Å². The second kappa shape index (κ2) is 7.09. The van der Waals surface area contributed by atoms with E-state index in [-0.39, 0.29) is 23.8 Å². The summed E-state index contributed by atoms with van der Waals surface area (Å²) in [6.45, 7) is 5.78. The van der Waals surface area contributed by atoms with Crippen LogP contribution in [0.5, 0.6) is 0 Å². The van der Waals surface area contributed by atoms with Crippen molar-refractivity contribution in [1.29, 1.82) is 0 Å². The smallest absolute Gasteiger partial charge is 0.254 e. The van der Waals surface area contributed by atoms with Gasteiger partial charge in [-0.05, 0) is 54.8 Å². The number of hydrogen-bond donors (Lipinski definition) is 0. The lowest BCUT2D eigenvalue weighted by molar-refractivity contribution is -0.139. The molecule has 5 rings (SSSR count). The number of hydrogen-bond acceptors (Lipinski definition) is 5. The van der Waals surface area contributed by atoms with Crippen molar-refractivity contribution in [3.8, 4) is 5.69 Å². The molecule has 8 heteroatoms. The number of amides is 2. The summed E-state index contributed by atoms with van der Waals surface area (Å²) in [7, 11) is 0. The molecule has 2 amide bonds. The molecule has 4 heterocycles. The minimum Gasteiger partial charge on any atom is -0.338 e. The Bertz CT molecular complexity index is 863. The van der Waals surface area contributed by atoms with Crippen molar-refractivity contribution in [2.75, 3.05) is 19.6 Å². The third-order valence-electron chi connectivity index (χ3n) is 5.51. The van der Waals surface area contributed by atoms with E-state index in [0.29, 0.717) is 24.5 Å². The number of piperidine rings is 1. The molecule has 0 saturated carbocycles. The van der Waals surface area contributed by atoms with E-state index in [1.165, 1.54) is 0 Å². The van der Waals surface area contributed by atoms with Gasteiger partial charge in [0, 0.05) is 31.2 Å². The molecule has 0 unspecified atom stereocenters. The molecule has 3 aliphatic heterocycles. The Morgan fingerprint density at radius 2 is 2.11 bits per heavy atom. The van der Waals surface area contributed by atoms with Gasteiger partial charge in [0.15, 0.2) is 5.82 Å². The van der Waals surface area contributed by atoms with Crippen LogP contribution in [0.25, 0.3) is 5.69 Å². The number of benzene rings is 1. The summed E-state index contributed by atoms with van der Waals surface area (Å²) in [6.07, 6.45) is 2.79. The van der Waals surface area contributed by atoms with Crippen LogP contribution in [0.3, 0.4) is 0 Å². The van der Waals surface area contributed by atoms with E-state index in [1.54, 1.807) is 4.68 Å². The maximum atomic E-state index is 13.2. The van der Waals surface area contributed by atoms with Gasteiger partial charge in [0.25, 0.3) is 5.91 Å². The predicted octanol–water partition coefficient (Wildman–Crippen LogP) is 1.44. The molecule has 27 heavy (non-hydrogen) atoms. The van der Waals surface area contributed by atoms with Gasteiger partial charge in [-0.3, -0.25) is 9.59 Å².